The van der Waals surface area contributed by atoms with Gasteiger partial charge in [-0.1, -0.05) is 0 Å². The van der Waals surface area contributed by atoms with Crippen LogP contribution in [0, 0.1) is 0 Å². The van der Waals surface area contributed by atoms with Crippen molar-refractivity contribution in [3.8, 4) is 0 Å². The van der Waals surface area contributed by atoms with Gasteiger partial charge in [0.25, 0.3) is 10.0 Å². The molecular formula is C11H11N3O6S2. The molecule has 3 N–H and O–H groups in total. The Bertz CT molecular complexity index is 917. The van der Waals surface area contributed by atoms with E-state index in [0.29, 0.717) is 0 Å². The van der Waals surface area contributed by atoms with Crippen molar-refractivity contribution in [1.29, 1.82) is 0 Å². The first-order chi connectivity index (χ1) is 10.1. The van der Waals surface area contributed by atoms with Gasteiger partial charge in [0.1, 0.15) is 4.90 Å². The second-order valence-corrected chi connectivity index (χ2v) is 8.06. The average Bonchev–Trinajstić information content (AvgIpc) is 2.91. The summed E-state index contributed by atoms with van der Waals surface area (Å²) in [6.45, 7) is 0. The Morgan fingerprint density at radius 3 is 2.36 bits per heavy atom. The van der Waals surface area contributed by atoms with Crippen molar-refractivity contribution in [1.82, 2.24) is 10.2 Å². The van der Waals surface area contributed by atoms with Crippen LogP contribution >= 0.6 is 0 Å². The number of benzene rings is 1. The van der Waals surface area contributed by atoms with Gasteiger partial charge in [0.05, 0.1) is 22.3 Å². The second kappa shape index (κ2) is 5.42. The molecule has 1 aromatic heterocycles. The monoisotopic (exact) mass is 345 g/mol. The molecule has 0 amide bonds. The first kappa shape index (κ1) is 16.0. The molecule has 0 atom stereocenters. The minimum absolute atomic E-state index is 0.172. The van der Waals surface area contributed by atoms with Gasteiger partial charge in [0, 0.05) is 12.5 Å². The average molecular weight is 345 g/mol. The molecule has 118 valence electrons. The second-order valence-electron chi connectivity index (χ2n) is 4.36. The third-order valence-electron chi connectivity index (χ3n) is 2.62. The Hall–Kier alpha value is -2.40. The number of rotatable bonds is 5. The van der Waals surface area contributed by atoms with Gasteiger partial charge >= 0.3 is 5.97 Å². The molecule has 0 aliphatic rings. The lowest BCUT2D eigenvalue weighted by molar-refractivity contribution is 0.0696. The number of aromatic carboxylic acids is 1. The van der Waals surface area contributed by atoms with Crippen molar-refractivity contribution in [3.05, 3.63) is 36.2 Å². The number of nitrogens with zero attached hydrogens (tertiary/aromatic N) is 1. The highest BCUT2D eigenvalue weighted by Gasteiger charge is 2.19. The van der Waals surface area contributed by atoms with E-state index in [2.05, 4.69) is 14.9 Å². The van der Waals surface area contributed by atoms with Crippen LogP contribution in [-0.4, -0.2) is 44.4 Å². The summed E-state index contributed by atoms with van der Waals surface area (Å²) in [5, 5.41) is 14.8. The fourth-order valence-electron chi connectivity index (χ4n) is 1.60. The molecular weight excluding hydrogens is 334 g/mol. The van der Waals surface area contributed by atoms with E-state index in [4.69, 9.17) is 5.11 Å². The summed E-state index contributed by atoms with van der Waals surface area (Å²) in [4.78, 5) is 10.6. The zero-order valence-corrected chi connectivity index (χ0v) is 12.8. The zero-order valence-electron chi connectivity index (χ0n) is 11.1. The molecule has 9 nitrogen and oxygen atoms in total. The van der Waals surface area contributed by atoms with Crippen molar-refractivity contribution < 1.29 is 26.7 Å². The number of hydrogen-bond acceptors (Lipinski definition) is 6. The number of carboxylic acids is 1. The number of aromatic nitrogens is 2. The zero-order chi connectivity index (χ0) is 16.5. The number of carboxylic acid groups (broad SMARTS) is 1. The number of sulfonamides is 1. The summed E-state index contributed by atoms with van der Waals surface area (Å²) in [5.74, 6) is -1.38. The molecule has 0 saturated heterocycles. The van der Waals surface area contributed by atoms with Gasteiger partial charge in [0.15, 0.2) is 9.84 Å². The standard InChI is InChI=1S/C11H11N3O6S2/c1-21(17,18)9-3-7(11(15)16)2-8(4-9)14-22(19,20)10-5-12-13-6-10/h2-6,14H,1H3,(H,12,13)(H,15,16). The van der Waals surface area contributed by atoms with E-state index in [9.17, 15) is 21.6 Å². The Morgan fingerprint density at radius 2 is 1.86 bits per heavy atom. The number of carbonyl (C=O) groups is 1. The molecule has 0 aliphatic carbocycles. The summed E-state index contributed by atoms with van der Waals surface area (Å²) in [5.41, 5.74) is -0.533. The van der Waals surface area contributed by atoms with Gasteiger partial charge in [-0.25, -0.2) is 21.6 Å². The van der Waals surface area contributed by atoms with Crippen LogP contribution in [0.2, 0.25) is 0 Å². The molecule has 2 rings (SSSR count). The van der Waals surface area contributed by atoms with E-state index >= 15 is 0 Å². The van der Waals surface area contributed by atoms with E-state index in [1.54, 1.807) is 0 Å². The lowest BCUT2D eigenvalue weighted by atomic mass is 10.2. The number of anilines is 1. The largest absolute Gasteiger partial charge is 0.478 e. The van der Waals surface area contributed by atoms with E-state index < -0.39 is 25.8 Å². The van der Waals surface area contributed by atoms with Crippen LogP contribution in [-0.2, 0) is 19.9 Å². The topological polar surface area (TPSA) is 146 Å². The predicted molar refractivity (Wildman–Crippen MR) is 75.9 cm³/mol. The molecule has 1 heterocycles. The lowest BCUT2D eigenvalue weighted by Crippen LogP contribution is -2.13. The molecule has 0 spiro atoms. The fraction of sp³-hybridized carbons (Fsp3) is 0.0909. The molecule has 0 aliphatic heterocycles. The highest BCUT2D eigenvalue weighted by Crippen LogP contribution is 2.22. The lowest BCUT2D eigenvalue weighted by Gasteiger charge is -2.09. The van der Waals surface area contributed by atoms with E-state index in [1.165, 1.54) is 0 Å². The maximum atomic E-state index is 12.0. The molecule has 22 heavy (non-hydrogen) atoms. The molecule has 1 aromatic carbocycles. The van der Waals surface area contributed by atoms with Crippen molar-refractivity contribution in [2.24, 2.45) is 0 Å². The third-order valence-corrected chi connectivity index (χ3v) is 5.06. The SMILES string of the molecule is CS(=O)(=O)c1cc(NS(=O)(=O)c2cn[nH]c2)cc(C(=O)O)c1. The number of sulfone groups is 1. The van der Waals surface area contributed by atoms with Gasteiger partial charge in [-0.2, -0.15) is 5.10 Å². The molecule has 2 aromatic rings. The minimum Gasteiger partial charge on any atom is -0.478 e. The van der Waals surface area contributed by atoms with Crippen molar-refractivity contribution in [3.63, 3.8) is 0 Å². The summed E-state index contributed by atoms with van der Waals surface area (Å²) in [6.07, 6.45) is 3.07. The van der Waals surface area contributed by atoms with Crippen LogP contribution in [0.1, 0.15) is 10.4 Å². The predicted octanol–water partition coefficient (Wildman–Crippen LogP) is 0.312. The maximum absolute atomic E-state index is 12.0. The quantitative estimate of drug-likeness (QED) is 0.706. The fourth-order valence-corrected chi connectivity index (χ4v) is 3.22. The van der Waals surface area contributed by atoms with Crippen molar-refractivity contribution in [2.75, 3.05) is 11.0 Å². The Labute approximate surface area is 126 Å². The summed E-state index contributed by atoms with van der Waals surface area (Å²) in [7, 11) is -7.71. The van der Waals surface area contributed by atoms with Gasteiger partial charge in [-0.3, -0.25) is 9.82 Å². The van der Waals surface area contributed by atoms with E-state index in [0.717, 1.165) is 36.8 Å². The van der Waals surface area contributed by atoms with E-state index in [1.807, 2.05) is 0 Å². The smallest absolute Gasteiger partial charge is 0.335 e. The van der Waals surface area contributed by atoms with Crippen LogP contribution in [0.15, 0.2) is 40.4 Å². The van der Waals surface area contributed by atoms with Gasteiger partial charge in [-0.15, -0.1) is 0 Å². The highest BCUT2D eigenvalue weighted by atomic mass is 32.2. The minimum atomic E-state index is -4.01. The Morgan fingerprint density at radius 1 is 1.18 bits per heavy atom. The first-order valence-electron chi connectivity index (χ1n) is 5.69. The summed E-state index contributed by atoms with van der Waals surface area (Å²) >= 11 is 0. The molecule has 11 heteroatoms. The van der Waals surface area contributed by atoms with E-state index in [-0.39, 0.29) is 21.0 Å². The summed E-state index contributed by atoms with van der Waals surface area (Å²) in [6, 6.07) is 3.02. The number of aromatic amines is 1. The van der Waals surface area contributed by atoms with Crippen LogP contribution in [0.5, 0.6) is 0 Å². The molecule has 0 fully saturated rings. The van der Waals surface area contributed by atoms with Crippen LogP contribution in [0.4, 0.5) is 5.69 Å². The van der Waals surface area contributed by atoms with Gasteiger partial charge in [0.2, 0.25) is 0 Å². The maximum Gasteiger partial charge on any atom is 0.335 e. The van der Waals surface area contributed by atoms with Crippen molar-refractivity contribution >= 4 is 31.5 Å². The number of H-pyrrole nitrogens is 1. The van der Waals surface area contributed by atoms with Crippen LogP contribution in [0.3, 0.4) is 0 Å². The Kier molecular flexibility index (Phi) is 3.94. The van der Waals surface area contributed by atoms with Gasteiger partial charge in [-0.05, 0) is 18.2 Å². The highest BCUT2D eigenvalue weighted by molar-refractivity contribution is 7.92. The number of hydrogen-bond donors (Lipinski definition) is 3. The van der Waals surface area contributed by atoms with Crippen LogP contribution < -0.4 is 4.72 Å². The molecule has 0 bridgehead atoms. The van der Waals surface area contributed by atoms with Gasteiger partial charge < -0.3 is 5.11 Å². The normalized spacial score (nSPS) is 12.0. The number of nitrogens with one attached hydrogen (secondary N) is 2. The molecule has 0 saturated carbocycles. The molecule has 0 unspecified atom stereocenters. The summed E-state index contributed by atoms with van der Waals surface area (Å²) < 4.78 is 49.3. The Balaban J connectivity index is 2.52. The third kappa shape index (κ3) is 3.43. The van der Waals surface area contributed by atoms with Crippen molar-refractivity contribution in [2.45, 2.75) is 9.79 Å². The van der Waals surface area contributed by atoms with Crippen LogP contribution in [0.25, 0.3) is 0 Å². The first-order valence-corrected chi connectivity index (χ1v) is 9.07. The molecule has 0 radical (unpaired) electrons.